The first kappa shape index (κ1) is 11.9. The van der Waals surface area contributed by atoms with Crippen LogP contribution >= 0.6 is 0 Å². The second kappa shape index (κ2) is 4.52. The predicted molar refractivity (Wildman–Crippen MR) is 68.9 cm³/mol. The Morgan fingerprint density at radius 3 is 2.71 bits per heavy atom. The molecule has 1 aliphatic heterocycles. The number of fused-ring (bicyclic) bond motifs is 1. The fourth-order valence-corrected chi connectivity index (χ4v) is 3.95. The minimum Gasteiger partial charge on any atom is -0.375 e. The van der Waals surface area contributed by atoms with Crippen molar-refractivity contribution in [2.75, 3.05) is 19.7 Å². The summed E-state index contributed by atoms with van der Waals surface area (Å²) in [6, 6.07) is 0.645. The van der Waals surface area contributed by atoms with E-state index in [0.717, 1.165) is 25.6 Å². The van der Waals surface area contributed by atoms with Crippen LogP contribution in [0.15, 0.2) is 0 Å². The van der Waals surface area contributed by atoms with Gasteiger partial charge in [-0.1, -0.05) is 12.8 Å². The summed E-state index contributed by atoms with van der Waals surface area (Å²) in [6.45, 7) is 5.19. The fraction of sp³-hybridized carbons (Fsp3) is 1.00. The molecule has 1 saturated heterocycles. The summed E-state index contributed by atoms with van der Waals surface area (Å²) in [5.41, 5.74) is 6.36. The molecule has 0 aromatic heterocycles. The molecule has 0 aromatic rings. The second-order valence-corrected chi connectivity index (χ2v) is 6.29. The molecule has 98 valence electrons. The van der Waals surface area contributed by atoms with Crippen molar-refractivity contribution in [1.29, 1.82) is 0 Å². The SMILES string of the molecule is CC(CN)(C1CC1)N1CCOC2CCCCC21. The molecule has 3 fully saturated rings. The molecule has 3 rings (SSSR count). The lowest BCUT2D eigenvalue weighted by atomic mass is 9.84. The van der Waals surface area contributed by atoms with Gasteiger partial charge in [0, 0.05) is 24.7 Å². The van der Waals surface area contributed by atoms with E-state index in [2.05, 4.69) is 11.8 Å². The lowest BCUT2D eigenvalue weighted by molar-refractivity contribution is -0.126. The molecule has 1 heterocycles. The average Bonchev–Trinajstić information content (AvgIpc) is 3.22. The van der Waals surface area contributed by atoms with Gasteiger partial charge in [0.1, 0.15) is 0 Å². The van der Waals surface area contributed by atoms with Gasteiger partial charge >= 0.3 is 0 Å². The predicted octanol–water partition coefficient (Wildman–Crippen LogP) is 1.76. The van der Waals surface area contributed by atoms with E-state index >= 15 is 0 Å². The Morgan fingerprint density at radius 2 is 2.00 bits per heavy atom. The summed E-state index contributed by atoms with van der Waals surface area (Å²) >= 11 is 0. The Kier molecular flexibility index (Phi) is 3.18. The number of rotatable bonds is 3. The van der Waals surface area contributed by atoms with Crippen molar-refractivity contribution in [2.45, 2.75) is 63.1 Å². The number of morpholine rings is 1. The third-order valence-corrected chi connectivity index (χ3v) is 5.26. The summed E-state index contributed by atoms with van der Waals surface area (Å²) in [4.78, 5) is 2.72. The molecule has 17 heavy (non-hydrogen) atoms. The van der Waals surface area contributed by atoms with E-state index in [-0.39, 0.29) is 5.54 Å². The molecule has 3 aliphatic rings. The molecule has 3 heteroatoms. The van der Waals surface area contributed by atoms with Crippen LogP contribution in [0.4, 0.5) is 0 Å². The van der Waals surface area contributed by atoms with E-state index in [9.17, 15) is 0 Å². The number of nitrogens with zero attached hydrogens (tertiary/aromatic N) is 1. The molecule has 0 aromatic carbocycles. The van der Waals surface area contributed by atoms with Gasteiger partial charge < -0.3 is 10.5 Å². The minimum atomic E-state index is 0.240. The van der Waals surface area contributed by atoms with E-state index in [0.29, 0.717) is 12.1 Å². The first-order valence-electron chi connectivity index (χ1n) is 7.34. The normalized spacial score (nSPS) is 38.5. The van der Waals surface area contributed by atoms with Gasteiger partial charge in [-0.3, -0.25) is 4.90 Å². The van der Waals surface area contributed by atoms with E-state index in [4.69, 9.17) is 10.5 Å². The Bertz CT molecular complexity index is 277. The quantitative estimate of drug-likeness (QED) is 0.814. The highest BCUT2D eigenvalue weighted by molar-refractivity contribution is 5.04. The zero-order valence-corrected chi connectivity index (χ0v) is 11.0. The highest BCUT2D eigenvalue weighted by Gasteiger charge is 2.49. The van der Waals surface area contributed by atoms with Crippen LogP contribution in [0.3, 0.4) is 0 Å². The lowest BCUT2D eigenvalue weighted by Gasteiger charge is -2.52. The van der Waals surface area contributed by atoms with Crippen LogP contribution in [0.2, 0.25) is 0 Å². The van der Waals surface area contributed by atoms with Crippen LogP contribution in [0.25, 0.3) is 0 Å². The zero-order valence-electron chi connectivity index (χ0n) is 11.0. The van der Waals surface area contributed by atoms with Gasteiger partial charge in [-0.15, -0.1) is 0 Å². The number of ether oxygens (including phenoxy) is 1. The molecule has 2 saturated carbocycles. The Morgan fingerprint density at radius 1 is 1.24 bits per heavy atom. The highest BCUT2D eigenvalue weighted by Crippen LogP contribution is 2.45. The third kappa shape index (κ3) is 2.02. The van der Waals surface area contributed by atoms with Crippen molar-refractivity contribution in [1.82, 2.24) is 4.90 Å². The first-order valence-corrected chi connectivity index (χ1v) is 7.34. The number of hydrogen-bond donors (Lipinski definition) is 1. The van der Waals surface area contributed by atoms with Crippen molar-refractivity contribution in [2.24, 2.45) is 11.7 Å². The number of hydrogen-bond acceptors (Lipinski definition) is 3. The first-order chi connectivity index (χ1) is 8.25. The molecule has 0 spiro atoms. The Hall–Kier alpha value is -0.120. The molecule has 0 radical (unpaired) electrons. The van der Waals surface area contributed by atoms with E-state index in [1.54, 1.807) is 0 Å². The second-order valence-electron chi connectivity index (χ2n) is 6.29. The molecular weight excluding hydrogens is 212 g/mol. The van der Waals surface area contributed by atoms with Crippen molar-refractivity contribution >= 4 is 0 Å². The van der Waals surface area contributed by atoms with E-state index < -0.39 is 0 Å². The van der Waals surface area contributed by atoms with Crippen molar-refractivity contribution in [3.63, 3.8) is 0 Å². The van der Waals surface area contributed by atoms with Gasteiger partial charge in [-0.05, 0) is 38.5 Å². The molecule has 3 unspecified atom stereocenters. The third-order valence-electron chi connectivity index (χ3n) is 5.26. The number of nitrogens with two attached hydrogens (primary N) is 1. The summed E-state index contributed by atoms with van der Waals surface area (Å²) < 4.78 is 5.97. The smallest absolute Gasteiger partial charge is 0.0731 e. The summed E-state index contributed by atoms with van der Waals surface area (Å²) in [7, 11) is 0. The molecular formula is C14H26N2O. The van der Waals surface area contributed by atoms with Crippen LogP contribution < -0.4 is 5.73 Å². The Balaban J connectivity index is 1.79. The largest absolute Gasteiger partial charge is 0.375 e. The monoisotopic (exact) mass is 238 g/mol. The zero-order chi connectivity index (χ0) is 11.9. The standard InChI is InChI=1S/C14H26N2O/c1-14(10-15,11-6-7-11)16-8-9-17-13-5-3-2-4-12(13)16/h11-13H,2-10,15H2,1H3. The van der Waals surface area contributed by atoms with Crippen molar-refractivity contribution < 1.29 is 4.74 Å². The van der Waals surface area contributed by atoms with Crippen LogP contribution in [-0.4, -0.2) is 42.3 Å². The van der Waals surface area contributed by atoms with Crippen molar-refractivity contribution in [3.05, 3.63) is 0 Å². The van der Waals surface area contributed by atoms with E-state index in [1.165, 1.54) is 38.5 Å². The summed E-state index contributed by atoms with van der Waals surface area (Å²) in [5.74, 6) is 0.841. The molecule has 0 amide bonds. The maximum atomic E-state index is 6.12. The summed E-state index contributed by atoms with van der Waals surface area (Å²) in [6.07, 6.45) is 8.52. The Labute approximate surface area is 105 Å². The maximum absolute atomic E-state index is 6.12. The van der Waals surface area contributed by atoms with Gasteiger partial charge in [0.25, 0.3) is 0 Å². The summed E-state index contributed by atoms with van der Waals surface area (Å²) in [5, 5.41) is 0. The highest BCUT2D eigenvalue weighted by atomic mass is 16.5. The van der Waals surface area contributed by atoms with Gasteiger partial charge in [-0.25, -0.2) is 0 Å². The fourth-order valence-electron chi connectivity index (χ4n) is 3.95. The molecule has 2 aliphatic carbocycles. The molecule has 0 bridgehead atoms. The van der Waals surface area contributed by atoms with Gasteiger partial charge in [0.2, 0.25) is 0 Å². The van der Waals surface area contributed by atoms with Crippen molar-refractivity contribution in [3.8, 4) is 0 Å². The maximum Gasteiger partial charge on any atom is 0.0731 e. The average molecular weight is 238 g/mol. The van der Waals surface area contributed by atoms with E-state index in [1.807, 2.05) is 0 Å². The molecule has 3 atom stereocenters. The van der Waals surface area contributed by atoms with Gasteiger partial charge in [0.15, 0.2) is 0 Å². The molecule has 2 N–H and O–H groups in total. The van der Waals surface area contributed by atoms with Crippen LogP contribution in [0, 0.1) is 5.92 Å². The van der Waals surface area contributed by atoms with Crippen LogP contribution in [0.5, 0.6) is 0 Å². The van der Waals surface area contributed by atoms with Crippen LogP contribution in [-0.2, 0) is 4.74 Å². The topological polar surface area (TPSA) is 38.5 Å². The van der Waals surface area contributed by atoms with Gasteiger partial charge in [0.05, 0.1) is 12.7 Å². The minimum absolute atomic E-state index is 0.240. The molecule has 3 nitrogen and oxygen atoms in total. The van der Waals surface area contributed by atoms with Gasteiger partial charge in [-0.2, -0.15) is 0 Å². The van der Waals surface area contributed by atoms with Crippen LogP contribution in [0.1, 0.15) is 45.4 Å². The lowest BCUT2D eigenvalue weighted by Crippen LogP contribution is -2.64.